The Bertz CT molecular complexity index is 864. The van der Waals surface area contributed by atoms with Gasteiger partial charge in [0.15, 0.2) is 0 Å². The molecule has 4 aliphatic heterocycles. The maximum Gasteiger partial charge on any atom is 0.227 e. The highest BCUT2D eigenvalue weighted by molar-refractivity contribution is 8.00. The summed E-state index contributed by atoms with van der Waals surface area (Å²) in [4.78, 5) is 28.8. The molecular weight excluding hydrogens is 488 g/mol. The van der Waals surface area contributed by atoms with Crippen molar-refractivity contribution in [3.05, 3.63) is 0 Å². The molecule has 37 heavy (non-hydrogen) atoms. The molecule has 206 valence electrons. The van der Waals surface area contributed by atoms with Gasteiger partial charge in [-0.15, -0.1) is 11.8 Å². The van der Waals surface area contributed by atoms with Crippen molar-refractivity contribution in [1.29, 1.82) is 5.26 Å². The van der Waals surface area contributed by atoms with E-state index < -0.39 is 0 Å². The molecule has 0 aromatic heterocycles. The Morgan fingerprint density at radius 3 is 2.76 bits per heavy atom. The number of piperidine rings is 3. The molecule has 10 heteroatoms. The summed E-state index contributed by atoms with van der Waals surface area (Å²) in [5.74, 6) is 0.818. The number of carbonyl (C=O) groups is 2. The molecule has 5 fully saturated rings. The Morgan fingerprint density at radius 1 is 1.14 bits per heavy atom. The zero-order chi connectivity index (χ0) is 25.9. The van der Waals surface area contributed by atoms with Gasteiger partial charge in [-0.1, -0.05) is 0 Å². The minimum atomic E-state index is -0.141. The number of hydrogen-bond acceptors (Lipinski definition) is 8. The van der Waals surface area contributed by atoms with Crippen molar-refractivity contribution in [1.82, 2.24) is 26.2 Å². The predicted octanol–water partition coefficient (Wildman–Crippen LogP) is 1.26. The van der Waals surface area contributed by atoms with E-state index in [2.05, 4.69) is 39.2 Å². The molecule has 0 spiro atoms. The number of nitrogens with one attached hydrogen (secondary N) is 4. The van der Waals surface area contributed by atoms with Crippen LogP contribution in [0, 0.1) is 40.9 Å². The van der Waals surface area contributed by atoms with Crippen molar-refractivity contribution in [2.75, 3.05) is 39.8 Å². The fraction of sp³-hybridized carbons (Fsp3) is 0.889. The van der Waals surface area contributed by atoms with Crippen LogP contribution in [0.3, 0.4) is 0 Å². The summed E-state index contributed by atoms with van der Waals surface area (Å²) >= 11 is 1.76. The Balaban J connectivity index is 1.19. The fourth-order valence-corrected chi connectivity index (χ4v) is 8.88. The summed E-state index contributed by atoms with van der Waals surface area (Å²) in [5.41, 5.74) is -0.134. The van der Waals surface area contributed by atoms with E-state index in [4.69, 9.17) is 4.74 Å². The molecule has 9 nitrogen and oxygen atoms in total. The van der Waals surface area contributed by atoms with Crippen LogP contribution >= 0.6 is 11.8 Å². The molecular formula is C27H44N6O3S. The zero-order valence-electron chi connectivity index (χ0n) is 22.3. The minimum Gasteiger partial charge on any atom is -0.381 e. The van der Waals surface area contributed by atoms with E-state index in [1.54, 1.807) is 18.9 Å². The van der Waals surface area contributed by atoms with E-state index in [1.807, 2.05) is 0 Å². The number of amides is 2. The van der Waals surface area contributed by atoms with Crippen molar-refractivity contribution in [3.63, 3.8) is 0 Å². The smallest absolute Gasteiger partial charge is 0.227 e. The van der Waals surface area contributed by atoms with E-state index in [0.717, 1.165) is 71.1 Å². The molecule has 4 heterocycles. The lowest BCUT2D eigenvalue weighted by molar-refractivity contribution is -0.137. The zero-order valence-corrected chi connectivity index (χ0v) is 23.1. The third-order valence-electron chi connectivity index (χ3n) is 9.50. The Labute approximate surface area is 225 Å². The van der Waals surface area contributed by atoms with Crippen molar-refractivity contribution in [2.45, 2.75) is 80.8 Å². The second kappa shape index (κ2) is 12.2. The average molecular weight is 533 g/mol. The van der Waals surface area contributed by atoms with Gasteiger partial charge in [-0.3, -0.25) is 14.9 Å². The molecule has 0 bridgehead atoms. The van der Waals surface area contributed by atoms with E-state index in [0.29, 0.717) is 29.8 Å². The van der Waals surface area contributed by atoms with E-state index in [9.17, 15) is 14.9 Å². The molecule has 5 aliphatic rings. The summed E-state index contributed by atoms with van der Waals surface area (Å²) in [5, 5.41) is 23.7. The first-order valence-corrected chi connectivity index (χ1v) is 15.3. The van der Waals surface area contributed by atoms with Crippen molar-refractivity contribution >= 4 is 23.6 Å². The molecule has 0 radical (unpaired) electrons. The maximum atomic E-state index is 13.7. The number of hydrogen-bond donors (Lipinski definition) is 4. The molecule has 5 rings (SSSR count). The van der Waals surface area contributed by atoms with Crippen LogP contribution in [0.25, 0.3) is 0 Å². The third-order valence-corrected chi connectivity index (χ3v) is 10.9. The number of thioether (sulfide) groups is 1. The molecule has 1 saturated carbocycles. The lowest BCUT2D eigenvalue weighted by atomic mass is 9.66. The van der Waals surface area contributed by atoms with Gasteiger partial charge in [0.25, 0.3) is 0 Å². The largest absolute Gasteiger partial charge is 0.381 e. The van der Waals surface area contributed by atoms with Gasteiger partial charge in [-0.2, -0.15) is 5.26 Å². The third kappa shape index (κ3) is 6.11. The number of nitrogens with zero attached hydrogens (tertiary/aromatic N) is 2. The highest BCUT2D eigenvalue weighted by Crippen LogP contribution is 2.42. The van der Waals surface area contributed by atoms with Gasteiger partial charge < -0.3 is 25.6 Å². The molecule has 4 N–H and O–H groups in total. The fourth-order valence-electron chi connectivity index (χ4n) is 7.42. The first kappa shape index (κ1) is 27.2. The molecule has 0 aromatic carbocycles. The maximum absolute atomic E-state index is 13.7. The van der Waals surface area contributed by atoms with Gasteiger partial charge in [0.05, 0.1) is 24.0 Å². The molecule has 1 aliphatic carbocycles. The van der Waals surface area contributed by atoms with Crippen LogP contribution in [0.1, 0.15) is 51.9 Å². The van der Waals surface area contributed by atoms with Gasteiger partial charge in [-0.25, -0.2) is 0 Å². The Morgan fingerprint density at radius 2 is 2.00 bits per heavy atom. The highest BCUT2D eigenvalue weighted by atomic mass is 32.2. The van der Waals surface area contributed by atoms with Crippen LogP contribution in [-0.4, -0.2) is 85.5 Å². The van der Waals surface area contributed by atoms with Crippen LogP contribution < -0.4 is 21.3 Å². The Hall–Kier alpha value is -1.38. The van der Waals surface area contributed by atoms with Crippen LogP contribution in [0.2, 0.25) is 0 Å². The van der Waals surface area contributed by atoms with Gasteiger partial charge in [0.1, 0.15) is 5.50 Å². The van der Waals surface area contributed by atoms with Crippen LogP contribution in [0.4, 0.5) is 0 Å². The quantitative estimate of drug-likeness (QED) is 0.418. The standard InChI is InChI=1S/C27H44N6O3S/c1-16-10-19(20-11-17(12-28)5-6-23(20)36-2)21(14-30-16)25(34)32-27-31-22-7-9-33(15-24(22)37-27)26(35)18-4-3-8-29-13-18/h16-24,27,29-31H,3-11,13-15H2,1-2H3,(H,32,34). The number of likely N-dealkylation sites (tertiary alicyclic amines) is 1. The molecule has 0 aromatic rings. The highest BCUT2D eigenvalue weighted by Gasteiger charge is 2.46. The number of rotatable bonds is 5. The summed E-state index contributed by atoms with van der Waals surface area (Å²) in [6.07, 6.45) is 6.59. The van der Waals surface area contributed by atoms with Crippen molar-refractivity contribution in [3.8, 4) is 6.07 Å². The van der Waals surface area contributed by atoms with Crippen molar-refractivity contribution < 1.29 is 14.3 Å². The second-order valence-electron chi connectivity index (χ2n) is 11.8. The Kier molecular flexibility index (Phi) is 8.97. The van der Waals surface area contributed by atoms with Crippen LogP contribution in [0.5, 0.6) is 0 Å². The number of fused-ring (bicyclic) bond motifs is 1. The second-order valence-corrected chi connectivity index (χ2v) is 13.2. The van der Waals surface area contributed by atoms with Gasteiger partial charge in [-0.05, 0) is 70.3 Å². The number of ether oxygens (including phenoxy) is 1. The number of carbonyl (C=O) groups excluding carboxylic acids is 2. The summed E-state index contributed by atoms with van der Waals surface area (Å²) in [7, 11) is 1.77. The molecule has 4 saturated heterocycles. The van der Waals surface area contributed by atoms with Gasteiger partial charge in [0, 0.05) is 56.5 Å². The lowest BCUT2D eigenvalue weighted by Crippen LogP contribution is -2.56. The van der Waals surface area contributed by atoms with Gasteiger partial charge >= 0.3 is 0 Å². The normalized spacial score (nSPS) is 42.5. The van der Waals surface area contributed by atoms with E-state index >= 15 is 0 Å². The first-order chi connectivity index (χ1) is 18.0. The summed E-state index contributed by atoms with van der Waals surface area (Å²) in [6, 6.07) is 3.14. The monoisotopic (exact) mass is 532 g/mol. The average Bonchev–Trinajstić information content (AvgIpc) is 3.34. The van der Waals surface area contributed by atoms with Crippen molar-refractivity contribution in [2.24, 2.45) is 29.6 Å². The first-order valence-electron chi connectivity index (χ1n) is 14.3. The number of nitriles is 1. The minimum absolute atomic E-state index is 0.0514. The predicted molar refractivity (Wildman–Crippen MR) is 143 cm³/mol. The topological polar surface area (TPSA) is 119 Å². The van der Waals surface area contributed by atoms with E-state index in [-0.39, 0.29) is 47.1 Å². The SMILES string of the molecule is COC1CCC(C#N)CC1C1CC(C)NCC1C(=O)NC1NC2CCN(C(=O)C3CCCNC3)CC2S1. The molecule has 10 atom stereocenters. The summed E-state index contributed by atoms with van der Waals surface area (Å²) < 4.78 is 5.87. The van der Waals surface area contributed by atoms with Crippen LogP contribution in [-0.2, 0) is 14.3 Å². The summed E-state index contributed by atoms with van der Waals surface area (Å²) in [6.45, 7) is 6.19. The number of methoxy groups -OCH3 is 1. The molecule has 10 unspecified atom stereocenters. The van der Waals surface area contributed by atoms with Crippen LogP contribution in [0.15, 0.2) is 0 Å². The molecule has 2 amide bonds. The van der Waals surface area contributed by atoms with E-state index in [1.165, 1.54) is 0 Å². The van der Waals surface area contributed by atoms with Gasteiger partial charge in [0.2, 0.25) is 11.8 Å². The lowest BCUT2D eigenvalue weighted by Gasteiger charge is -2.44.